The number of anilines is 1. The Kier molecular flexibility index (Phi) is 5.40. The molecule has 1 aliphatic rings. The van der Waals surface area contributed by atoms with E-state index in [0.717, 1.165) is 37.7 Å². The molecule has 0 radical (unpaired) electrons. The fourth-order valence-corrected chi connectivity index (χ4v) is 3.42. The molecule has 0 aliphatic carbocycles. The molecule has 1 aromatic carbocycles. The smallest absolute Gasteiger partial charge is 0.0411 e. The Morgan fingerprint density at radius 3 is 2.68 bits per heavy atom. The van der Waals surface area contributed by atoms with E-state index in [9.17, 15) is 4.21 Å². The molecule has 1 saturated heterocycles. The third-order valence-electron chi connectivity index (χ3n) is 3.61. The molecule has 0 spiro atoms. The highest BCUT2D eigenvalue weighted by Gasteiger charge is 2.15. The molecule has 0 atom stereocenters. The molecule has 0 amide bonds. The Labute approximate surface area is 118 Å². The van der Waals surface area contributed by atoms with Gasteiger partial charge in [0, 0.05) is 47.6 Å². The van der Waals surface area contributed by atoms with Crippen molar-refractivity contribution in [2.24, 2.45) is 0 Å². The Balaban J connectivity index is 1.99. The normalized spacial score (nSPS) is 16.8. The Bertz CT molecular complexity index is 438. The van der Waals surface area contributed by atoms with Crippen LogP contribution in [-0.4, -0.2) is 35.3 Å². The SMILES string of the molecule is CCCNCc1ccc(N2CCS(=O)CC2)cc1C. The minimum absolute atomic E-state index is 0.602. The molecule has 2 rings (SSSR count). The highest BCUT2D eigenvalue weighted by molar-refractivity contribution is 7.85. The van der Waals surface area contributed by atoms with Gasteiger partial charge in [0.05, 0.1) is 0 Å². The van der Waals surface area contributed by atoms with Crippen molar-refractivity contribution in [2.45, 2.75) is 26.8 Å². The summed E-state index contributed by atoms with van der Waals surface area (Å²) in [5, 5.41) is 3.44. The highest BCUT2D eigenvalue weighted by atomic mass is 32.2. The van der Waals surface area contributed by atoms with Crippen LogP contribution in [0.25, 0.3) is 0 Å². The first-order chi connectivity index (χ1) is 9.20. The summed E-state index contributed by atoms with van der Waals surface area (Å²) >= 11 is 0. The van der Waals surface area contributed by atoms with Crippen LogP contribution in [0.3, 0.4) is 0 Å². The van der Waals surface area contributed by atoms with E-state index >= 15 is 0 Å². The molecule has 0 unspecified atom stereocenters. The van der Waals surface area contributed by atoms with Gasteiger partial charge in [-0.1, -0.05) is 13.0 Å². The lowest BCUT2D eigenvalue weighted by molar-refractivity contribution is 0.671. The predicted octanol–water partition coefficient (Wildman–Crippen LogP) is 2.06. The summed E-state index contributed by atoms with van der Waals surface area (Å²) in [5.41, 5.74) is 3.99. The number of hydrogen-bond acceptors (Lipinski definition) is 3. The molecule has 106 valence electrons. The van der Waals surface area contributed by atoms with Crippen LogP contribution in [0.2, 0.25) is 0 Å². The van der Waals surface area contributed by atoms with E-state index in [0.29, 0.717) is 0 Å². The summed E-state index contributed by atoms with van der Waals surface area (Å²) in [6, 6.07) is 6.68. The number of aryl methyl sites for hydroxylation is 1. The fraction of sp³-hybridized carbons (Fsp3) is 0.600. The van der Waals surface area contributed by atoms with Crippen molar-refractivity contribution in [3.63, 3.8) is 0 Å². The van der Waals surface area contributed by atoms with Crippen molar-refractivity contribution in [1.82, 2.24) is 5.32 Å². The molecule has 1 heterocycles. The summed E-state index contributed by atoms with van der Waals surface area (Å²) in [5.74, 6) is 1.61. The van der Waals surface area contributed by atoms with Gasteiger partial charge in [0.15, 0.2) is 0 Å². The molecule has 3 nitrogen and oxygen atoms in total. The second-order valence-corrected chi connectivity index (χ2v) is 6.82. The van der Waals surface area contributed by atoms with E-state index in [-0.39, 0.29) is 0 Å². The van der Waals surface area contributed by atoms with E-state index < -0.39 is 10.8 Å². The molecule has 0 saturated carbocycles. The second kappa shape index (κ2) is 7.06. The van der Waals surface area contributed by atoms with Gasteiger partial charge in [-0.25, -0.2) is 0 Å². The molecule has 19 heavy (non-hydrogen) atoms. The number of rotatable bonds is 5. The monoisotopic (exact) mass is 280 g/mol. The Morgan fingerprint density at radius 1 is 1.32 bits per heavy atom. The van der Waals surface area contributed by atoms with Crippen LogP contribution in [-0.2, 0) is 17.3 Å². The minimum Gasteiger partial charge on any atom is -0.370 e. The van der Waals surface area contributed by atoms with Crippen molar-refractivity contribution >= 4 is 16.5 Å². The molecule has 1 N–H and O–H groups in total. The maximum Gasteiger partial charge on any atom is 0.0411 e. The molecular weight excluding hydrogens is 256 g/mol. The standard InChI is InChI=1S/C15H24N2OS/c1-3-6-16-12-14-4-5-15(11-13(14)2)17-7-9-19(18)10-8-17/h4-5,11,16H,3,6-10,12H2,1-2H3. The predicted molar refractivity (Wildman–Crippen MR) is 83.3 cm³/mol. The molecule has 1 fully saturated rings. The molecule has 1 aliphatic heterocycles. The van der Waals surface area contributed by atoms with E-state index in [2.05, 4.69) is 42.3 Å². The van der Waals surface area contributed by atoms with Crippen LogP contribution in [0, 0.1) is 6.92 Å². The summed E-state index contributed by atoms with van der Waals surface area (Å²) in [6.45, 7) is 8.21. The van der Waals surface area contributed by atoms with E-state index in [1.807, 2.05) is 0 Å². The maximum atomic E-state index is 11.4. The van der Waals surface area contributed by atoms with E-state index in [1.165, 1.54) is 23.2 Å². The van der Waals surface area contributed by atoms with E-state index in [4.69, 9.17) is 0 Å². The zero-order valence-corrected chi connectivity index (χ0v) is 12.8. The van der Waals surface area contributed by atoms with Gasteiger partial charge in [-0.3, -0.25) is 4.21 Å². The number of nitrogens with zero attached hydrogens (tertiary/aromatic N) is 1. The molecular formula is C15H24N2OS. The lowest BCUT2D eigenvalue weighted by atomic mass is 10.1. The highest BCUT2D eigenvalue weighted by Crippen LogP contribution is 2.20. The number of benzene rings is 1. The first-order valence-electron chi connectivity index (χ1n) is 7.11. The molecule has 0 bridgehead atoms. The third kappa shape index (κ3) is 4.05. The second-order valence-electron chi connectivity index (χ2n) is 5.12. The summed E-state index contributed by atoms with van der Waals surface area (Å²) in [4.78, 5) is 2.34. The van der Waals surface area contributed by atoms with Crippen molar-refractivity contribution in [2.75, 3.05) is 36.0 Å². The molecule has 4 heteroatoms. The van der Waals surface area contributed by atoms with Gasteiger partial charge in [0.2, 0.25) is 0 Å². The third-order valence-corrected chi connectivity index (χ3v) is 4.89. The van der Waals surface area contributed by atoms with Gasteiger partial charge in [0.1, 0.15) is 0 Å². The van der Waals surface area contributed by atoms with Gasteiger partial charge in [-0.05, 0) is 43.1 Å². The molecule has 1 aromatic rings. The van der Waals surface area contributed by atoms with Crippen LogP contribution in [0.15, 0.2) is 18.2 Å². The van der Waals surface area contributed by atoms with Gasteiger partial charge in [-0.2, -0.15) is 0 Å². The topological polar surface area (TPSA) is 32.3 Å². The lowest BCUT2D eigenvalue weighted by Gasteiger charge is -2.29. The quantitative estimate of drug-likeness (QED) is 0.838. The maximum absolute atomic E-state index is 11.4. The average molecular weight is 280 g/mol. The summed E-state index contributed by atoms with van der Waals surface area (Å²) in [6.07, 6.45) is 1.17. The Hall–Kier alpha value is -0.870. The van der Waals surface area contributed by atoms with Gasteiger partial charge in [0.25, 0.3) is 0 Å². The fourth-order valence-electron chi connectivity index (χ4n) is 2.37. The van der Waals surface area contributed by atoms with Crippen LogP contribution in [0.4, 0.5) is 5.69 Å². The van der Waals surface area contributed by atoms with Crippen LogP contribution < -0.4 is 10.2 Å². The molecule has 0 aromatic heterocycles. The van der Waals surface area contributed by atoms with Crippen molar-refractivity contribution in [3.05, 3.63) is 29.3 Å². The zero-order valence-electron chi connectivity index (χ0n) is 11.9. The largest absolute Gasteiger partial charge is 0.370 e. The zero-order chi connectivity index (χ0) is 13.7. The summed E-state index contributed by atoms with van der Waals surface area (Å²) in [7, 11) is -0.602. The van der Waals surface area contributed by atoms with Crippen molar-refractivity contribution in [3.8, 4) is 0 Å². The average Bonchev–Trinajstić information content (AvgIpc) is 2.42. The van der Waals surface area contributed by atoms with Crippen molar-refractivity contribution < 1.29 is 4.21 Å². The van der Waals surface area contributed by atoms with Crippen LogP contribution in [0.5, 0.6) is 0 Å². The van der Waals surface area contributed by atoms with Crippen LogP contribution >= 0.6 is 0 Å². The van der Waals surface area contributed by atoms with Gasteiger partial charge >= 0.3 is 0 Å². The van der Waals surface area contributed by atoms with Crippen molar-refractivity contribution in [1.29, 1.82) is 0 Å². The van der Waals surface area contributed by atoms with E-state index in [1.54, 1.807) is 0 Å². The first kappa shape index (κ1) is 14.5. The van der Waals surface area contributed by atoms with Gasteiger partial charge < -0.3 is 10.2 Å². The number of nitrogens with one attached hydrogen (secondary N) is 1. The first-order valence-corrected chi connectivity index (χ1v) is 8.59. The minimum atomic E-state index is -0.602. The number of hydrogen-bond donors (Lipinski definition) is 1. The lowest BCUT2D eigenvalue weighted by Crippen LogP contribution is -2.37. The van der Waals surface area contributed by atoms with Crippen LogP contribution in [0.1, 0.15) is 24.5 Å². The van der Waals surface area contributed by atoms with Gasteiger partial charge in [-0.15, -0.1) is 0 Å². The summed E-state index contributed by atoms with van der Waals surface area (Å²) < 4.78 is 11.4. The Morgan fingerprint density at radius 2 is 2.05 bits per heavy atom.